The molecule has 0 aromatic carbocycles. The van der Waals surface area contributed by atoms with Gasteiger partial charge in [0.05, 0.1) is 18.5 Å². The molecule has 24 heavy (non-hydrogen) atoms. The Kier molecular flexibility index (Phi) is 4.63. The number of nitroso groups, excluding NO2 is 1. The van der Waals surface area contributed by atoms with E-state index < -0.39 is 12.2 Å². The van der Waals surface area contributed by atoms with E-state index in [-0.39, 0.29) is 12.8 Å². The highest BCUT2D eigenvalue weighted by Gasteiger charge is 2.41. The van der Waals surface area contributed by atoms with Crippen molar-refractivity contribution in [2.45, 2.75) is 38.0 Å². The Morgan fingerprint density at radius 2 is 2.42 bits per heavy atom. The minimum absolute atomic E-state index is 0.00324. The standard InChI is InChI=1S/C12H17N6O4PS/c1-2-12(5-21-23(20,24)17-19)4-3-8(22-12)18-7-16-9-10(13)14-6-15-11(9)18/h6-8H,2-5H2,1H3,(H,20,24)(H2,13,14,15)/t8?,12-,23?/m0/s1. The van der Waals surface area contributed by atoms with Crippen molar-refractivity contribution in [1.82, 2.24) is 19.5 Å². The van der Waals surface area contributed by atoms with Crippen molar-refractivity contribution in [3.8, 4) is 0 Å². The number of hydrogen-bond donors (Lipinski definition) is 2. The van der Waals surface area contributed by atoms with Crippen molar-refractivity contribution in [2.75, 3.05) is 12.3 Å². The lowest BCUT2D eigenvalue weighted by atomic mass is 9.98. The quantitative estimate of drug-likeness (QED) is 0.574. The second-order valence-electron chi connectivity index (χ2n) is 5.58. The monoisotopic (exact) mass is 372 g/mol. The van der Waals surface area contributed by atoms with Crippen LogP contribution in [-0.4, -0.2) is 36.6 Å². The third-order valence-corrected chi connectivity index (χ3v) is 5.36. The Hall–Kier alpha value is -1.52. The first kappa shape index (κ1) is 17.3. The van der Waals surface area contributed by atoms with E-state index in [0.717, 1.165) is 0 Å². The largest absolute Gasteiger partial charge is 0.382 e. The van der Waals surface area contributed by atoms with Gasteiger partial charge in [0.1, 0.15) is 18.1 Å². The summed E-state index contributed by atoms with van der Waals surface area (Å²) in [6.45, 7) is -1.70. The van der Waals surface area contributed by atoms with Crippen molar-refractivity contribution in [2.24, 2.45) is 4.95 Å². The van der Waals surface area contributed by atoms with E-state index in [1.54, 1.807) is 10.9 Å². The number of anilines is 1. The molecule has 0 amide bonds. The molecule has 0 saturated carbocycles. The number of nitrogen functional groups attached to an aromatic ring is 1. The van der Waals surface area contributed by atoms with Gasteiger partial charge in [-0.1, -0.05) is 6.92 Å². The molecule has 3 heterocycles. The van der Waals surface area contributed by atoms with Crippen LogP contribution < -0.4 is 5.73 Å². The van der Waals surface area contributed by atoms with Gasteiger partial charge in [0, 0.05) is 4.95 Å². The van der Waals surface area contributed by atoms with Crippen molar-refractivity contribution in [1.29, 1.82) is 0 Å². The van der Waals surface area contributed by atoms with Crippen molar-refractivity contribution in [3.05, 3.63) is 17.6 Å². The molecule has 130 valence electrons. The number of rotatable bonds is 6. The van der Waals surface area contributed by atoms with Crippen LogP contribution in [0.25, 0.3) is 11.2 Å². The highest BCUT2D eigenvalue weighted by Crippen LogP contribution is 2.47. The van der Waals surface area contributed by atoms with Crippen LogP contribution in [0.3, 0.4) is 0 Å². The smallest absolute Gasteiger partial charge is 0.345 e. The number of ether oxygens (including phenoxy) is 1. The predicted octanol–water partition coefficient (Wildman–Crippen LogP) is 1.87. The van der Waals surface area contributed by atoms with Crippen LogP contribution in [0.5, 0.6) is 0 Å². The normalized spacial score (nSPS) is 26.5. The molecule has 3 rings (SSSR count). The van der Waals surface area contributed by atoms with Crippen molar-refractivity contribution < 1.29 is 14.2 Å². The summed E-state index contributed by atoms with van der Waals surface area (Å²) >= 11 is 4.63. The fraction of sp³-hybridized carbons (Fsp3) is 0.583. The van der Waals surface area contributed by atoms with Crippen molar-refractivity contribution in [3.63, 3.8) is 0 Å². The highest BCUT2D eigenvalue weighted by molar-refractivity contribution is 8.08. The molecule has 0 spiro atoms. The number of aromatic nitrogens is 4. The zero-order valence-corrected chi connectivity index (χ0v) is 14.6. The molecule has 2 unspecified atom stereocenters. The van der Waals surface area contributed by atoms with E-state index in [9.17, 15) is 9.80 Å². The van der Waals surface area contributed by atoms with Gasteiger partial charge in [-0.05, 0) is 31.1 Å². The molecular weight excluding hydrogens is 355 g/mol. The van der Waals surface area contributed by atoms with Gasteiger partial charge >= 0.3 is 6.64 Å². The van der Waals surface area contributed by atoms with Gasteiger partial charge < -0.3 is 19.9 Å². The Morgan fingerprint density at radius 1 is 1.62 bits per heavy atom. The summed E-state index contributed by atoms with van der Waals surface area (Å²) in [4.78, 5) is 34.9. The maximum atomic E-state index is 10.5. The summed E-state index contributed by atoms with van der Waals surface area (Å²) in [6, 6.07) is 0. The van der Waals surface area contributed by atoms with E-state index in [0.29, 0.717) is 36.2 Å². The lowest BCUT2D eigenvalue weighted by Crippen LogP contribution is -2.33. The number of nitrogens with zero attached hydrogens (tertiary/aromatic N) is 5. The Labute approximate surface area is 142 Å². The van der Waals surface area contributed by atoms with Crippen LogP contribution in [0.2, 0.25) is 0 Å². The van der Waals surface area contributed by atoms with E-state index in [1.165, 1.54) is 6.33 Å². The van der Waals surface area contributed by atoms with E-state index in [1.807, 2.05) is 6.92 Å². The Balaban J connectivity index is 1.81. The Morgan fingerprint density at radius 3 is 3.12 bits per heavy atom. The van der Waals surface area contributed by atoms with Gasteiger partial charge in [-0.15, -0.1) is 4.91 Å². The average Bonchev–Trinajstić information content (AvgIpc) is 3.18. The number of fused-ring (bicyclic) bond motifs is 1. The fourth-order valence-corrected chi connectivity index (χ4v) is 3.37. The van der Waals surface area contributed by atoms with Crippen LogP contribution in [-0.2, 0) is 21.1 Å². The molecule has 0 radical (unpaired) electrons. The van der Waals surface area contributed by atoms with Crippen molar-refractivity contribution >= 4 is 35.4 Å². The van der Waals surface area contributed by atoms with E-state index >= 15 is 0 Å². The molecule has 2 aromatic rings. The van der Waals surface area contributed by atoms with Gasteiger partial charge in [-0.2, -0.15) is 0 Å². The molecular formula is C12H17N6O4PS. The van der Waals surface area contributed by atoms with Crippen LogP contribution in [0.15, 0.2) is 17.6 Å². The van der Waals surface area contributed by atoms with Gasteiger partial charge in [-0.3, -0.25) is 4.57 Å². The summed E-state index contributed by atoms with van der Waals surface area (Å²) in [7, 11) is 0. The molecule has 0 bridgehead atoms. The zero-order chi connectivity index (χ0) is 17.4. The van der Waals surface area contributed by atoms with E-state index in [2.05, 4.69) is 31.7 Å². The number of imidazole rings is 1. The minimum atomic E-state index is -3.64. The lowest BCUT2D eigenvalue weighted by Gasteiger charge is -2.28. The molecule has 3 N–H and O–H groups in total. The van der Waals surface area contributed by atoms with Gasteiger partial charge in [0.2, 0.25) is 0 Å². The molecule has 2 aromatic heterocycles. The SMILES string of the molecule is CC[C@@]1(COP(O)(=S)N=O)CCC(n2cnc3c(N)ncnc32)O1. The summed E-state index contributed by atoms with van der Waals surface area (Å²) in [6.07, 6.45) is 4.66. The molecule has 1 aliphatic rings. The van der Waals surface area contributed by atoms with Gasteiger partial charge in [-0.25, -0.2) is 15.0 Å². The minimum Gasteiger partial charge on any atom is -0.382 e. The van der Waals surface area contributed by atoms with Crippen LogP contribution in [0.1, 0.15) is 32.4 Å². The fourth-order valence-electron chi connectivity index (χ4n) is 2.76. The number of hydrogen-bond acceptors (Lipinski definition) is 8. The molecule has 1 aliphatic heterocycles. The Bertz CT molecular complexity index is 816. The maximum Gasteiger partial charge on any atom is 0.345 e. The summed E-state index contributed by atoms with van der Waals surface area (Å²) in [5.41, 5.74) is 6.24. The third-order valence-electron chi connectivity index (χ3n) is 4.17. The average molecular weight is 372 g/mol. The predicted molar refractivity (Wildman–Crippen MR) is 90.4 cm³/mol. The second-order valence-corrected chi connectivity index (χ2v) is 8.41. The first-order chi connectivity index (χ1) is 11.4. The molecule has 1 fully saturated rings. The lowest BCUT2D eigenvalue weighted by molar-refractivity contribution is -0.0933. The zero-order valence-electron chi connectivity index (χ0n) is 12.9. The van der Waals surface area contributed by atoms with Gasteiger partial charge in [0.15, 0.2) is 11.5 Å². The summed E-state index contributed by atoms with van der Waals surface area (Å²) in [5.74, 6) is 0.305. The highest BCUT2D eigenvalue weighted by atomic mass is 32.5. The molecule has 0 aliphatic carbocycles. The summed E-state index contributed by atoms with van der Waals surface area (Å²) < 4.78 is 13.1. The first-order valence-corrected chi connectivity index (χ1v) is 9.95. The van der Waals surface area contributed by atoms with Crippen LogP contribution >= 0.6 is 6.64 Å². The number of nitrogens with two attached hydrogens (primary N) is 1. The molecule has 12 heteroatoms. The molecule has 1 saturated heterocycles. The molecule has 3 atom stereocenters. The van der Waals surface area contributed by atoms with Crippen LogP contribution in [0, 0.1) is 4.91 Å². The first-order valence-electron chi connectivity index (χ1n) is 7.33. The van der Waals surface area contributed by atoms with E-state index in [4.69, 9.17) is 15.0 Å². The maximum absolute atomic E-state index is 10.5. The second kappa shape index (κ2) is 6.41. The summed E-state index contributed by atoms with van der Waals surface area (Å²) in [5, 5.41) is 0. The van der Waals surface area contributed by atoms with Gasteiger partial charge in [0.25, 0.3) is 0 Å². The topological polar surface area (TPSA) is 138 Å². The molecule has 10 nitrogen and oxygen atoms in total. The van der Waals surface area contributed by atoms with Crippen LogP contribution in [0.4, 0.5) is 5.82 Å². The third kappa shape index (κ3) is 3.17.